The maximum absolute atomic E-state index is 13.0. The zero-order valence-corrected chi connectivity index (χ0v) is 15.8. The van der Waals surface area contributed by atoms with Crippen LogP contribution in [0.1, 0.15) is 20.2 Å². The van der Waals surface area contributed by atoms with Crippen LogP contribution in [0.15, 0.2) is 54.4 Å². The molecule has 3 aromatic heterocycles. The molecule has 1 aliphatic rings. The number of nitrogens with one attached hydrogen (secondary N) is 1. The molecule has 1 N–H and O–H groups in total. The van der Waals surface area contributed by atoms with Crippen LogP contribution in [0.3, 0.4) is 0 Å². The Bertz CT molecular complexity index is 955. The number of amides is 2. The Balaban J connectivity index is 1.41. The average molecular weight is 394 g/mol. The molecule has 0 atom stereocenters. The largest absolute Gasteiger partial charge is 0.353 e. The van der Waals surface area contributed by atoms with Gasteiger partial charge in [0.1, 0.15) is 16.4 Å². The van der Waals surface area contributed by atoms with Crippen molar-refractivity contribution in [3.63, 3.8) is 0 Å². The summed E-state index contributed by atoms with van der Waals surface area (Å²) in [7, 11) is 0. The second-order valence-electron chi connectivity index (χ2n) is 6.18. The summed E-state index contributed by atoms with van der Waals surface area (Å²) < 4.78 is 0. The van der Waals surface area contributed by atoms with E-state index in [1.807, 2.05) is 23.1 Å². The first-order valence-corrected chi connectivity index (χ1v) is 9.70. The molecule has 0 radical (unpaired) electrons. The SMILES string of the molecule is O=C(Nc1ccsc1C(=O)N1CCN(c2ccccn2)CC1)c1cnccn1. The molecule has 142 valence electrons. The van der Waals surface area contributed by atoms with Crippen molar-refractivity contribution in [2.45, 2.75) is 0 Å². The van der Waals surface area contributed by atoms with Crippen LogP contribution in [0.5, 0.6) is 0 Å². The normalized spacial score (nSPS) is 14.0. The Kier molecular flexibility index (Phi) is 5.24. The fourth-order valence-corrected chi connectivity index (χ4v) is 3.82. The van der Waals surface area contributed by atoms with Crippen LogP contribution < -0.4 is 10.2 Å². The smallest absolute Gasteiger partial charge is 0.275 e. The summed E-state index contributed by atoms with van der Waals surface area (Å²) in [6.45, 7) is 2.64. The number of nitrogens with zero attached hydrogens (tertiary/aromatic N) is 5. The van der Waals surface area contributed by atoms with Gasteiger partial charge in [0.2, 0.25) is 0 Å². The van der Waals surface area contributed by atoms with Crippen LogP contribution in [0.25, 0.3) is 0 Å². The van der Waals surface area contributed by atoms with Gasteiger partial charge in [-0.3, -0.25) is 14.6 Å². The molecule has 0 bridgehead atoms. The predicted octanol–water partition coefficient (Wildman–Crippen LogP) is 2.15. The molecule has 4 heterocycles. The van der Waals surface area contributed by atoms with E-state index in [-0.39, 0.29) is 17.5 Å². The van der Waals surface area contributed by atoms with Crippen molar-refractivity contribution in [1.82, 2.24) is 19.9 Å². The molecule has 0 spiro atoms. The van der Waals surface area contributed by atoms with Gasteiger partial charge < -0.3 is 15.1 Å². The molecular weight excluding hydrogens is 376 g/mol. The van der Waals surface area contributed by atoms with Crippen LogP contribution in [-0.4, -0.2) is 57.8 Å². The molecule has 1 aliphatic heterocycles. The van der Waals surface area contributed by atoms with E-state index < -0.39 is 0 Å². The monoisotopic (exact) mass is 394 g/mol. The number of pyridine rings is 1. The number of hydrogen-bond acceptors (Lipinski definition) is 7. The second kappa shape index (κ2) is 8.13. The van der Waals surface area contributed by atoms with Crippen molar-refractivity contribution in [2.24, 2.45) is 0 Å². The summed E-state index contributed by atoms with van der Waals surface area (Å²) in [6.07, 6.45) is 6.11. The number of carbonyl (C=O) groups excluding carboxylic acids is 2. The van der Waals surface area contributed by atoms with Gasteiger partial charge in [0.15, 0.2) is 0 Å². The van der Waals surface area contributed by atoms with Gasteiger partial charge in [0.05, 0.1) is 11.9 Å². The standard InChI is InChI=1S/C19H18N6O2S/c26-18(15-13-20-6-7-21-15)23-14-4-12-28-17(14)19(27)25-10-8-24(9-11-25)16-3-1-2-5-22-16/h1-7,12-13H,8-11H2,(H,23,26). The third kappa shape index (κ3) is 3.84. The Hall–Kier alpha value is -3.33. The summed E-state index contributed by atoms with van der Waals surface area (Å²) in [5.74, 6) is 0.452. The first-order chi connectivity index (χ1) is 13.7. The minimum absolute atomic E-state index is 0.0786. The maximum atomic E-state index is 13.0. The highest BCUT2D eigenvalue weighted by Crippen LogP contribution is 2.25. The number of piperazine rings is 1. The first kappa shape index (κ1) is 18.1. The van der Waals surface area contributed by atoms with Crippen molar-refractivity contribution in [3.8, 4) is 0 Å². The van der Waals surface area contributed by atoms with Gasteiger partial charge in [0, 0.05) is 44.8 Å². The molecule has 9 heteroatoms. The fourth-order valence-electron chi connectivity index (χ4n) is 3.00. The molecule has 28 heavy (non-hydrogen) atoms. The van der Waals surface area contributed by atoms with E-state index in [0.29, 0.717) is 23.7 Å². The van der Waals surface area contributed by atoms with Crippen molar-refractivity contribution < 1.29 is 9.59 Å². The minimum Gasteiger partial charge on any atom is -0.353 e. The topological polar surface area (TPSA) is 91.3 Å². The second-order valence-corrected chi connectivity index (χ2v) is 7.09. The van der Waals surface area contributed by atoms with Gasteiger partial charge in [-0.25, -0.2) is 9.97 Å². The predicted molar refractivity (Wildman–Crippen MR) is 107 cm³/mol. The number of aromatic nitrogens is 3. The highest BCUT2D eigenvalue weighted by atomic mass is 32.1. The fraction of sp³-hybridized carbons (Fsp3) is 0.211. The van der Waals surface area contributed by atoms with Crippen LogP contribution >= 0.6 is 11.3 Å². The Morgan fingerprint density at radius 3 is 2.57 bits per heavy atom. The van der Waals surface area contributed by atoms with Gasteiger partial charge in [-0.05, 0) is 23.6 Å². The Morgan fingerprint density at radius 1 is 1.00 bits per heavy atom. The molecular formula is C19H18N6O2S. The minimum atomic E-state index is -0.388. The van der Waals surface area contributed by atoms with Crippen molar-refractivity contribution in [1.29, 1.82) is 0 Å². The molecule has 4 rings (SSSR count). The highest BCUT2D eigenvalue weighted by Gasteiger charge is 2.26. The Labute approximate surface area is 165 Å². The number of thiophene rings is 1. The van der Waals surface area contributed by atoms with Gasteiger partial charge in [0.25, 0.3) is 11.8 Å². The summed E-state index contributed by atoms with van der Waals surface area (Å²) in [5.41, 5.74) is 0.703. The van der Waals surface area contributed by atoms with Crippen LogP contribution in [0.4, 0.5) is 11.5 Å². The summed E-state index contributed by atoms with van der Waals surface area (Å²) in [6, 6.07) is 7.54. The number of rotatable bonds is 4. The lowest BCUT2D eigenvalue weighted by Crippen LogP contribution is -2.49. The molecule has 0 aromatic carbocycles. The van der Waals surface area contributed by atoms with Gasteiger partial charge >= 0.3 is 0 Å². The molecule has 3 aromatic rings. The van der Waals surface area contributed by atoms with E-state index in [2.05, 4.69) is 25.2 Å². The lowest BCUT2D eigenvalue weighted by Gasteiger charge is -2.35. The summed E-state index contributed by atoms with van der Waals surface area (Å²) in [5, 5.41) is 4.56. The van der Waals surface area contributed by atoms with Gasteiger partial charge in [-0.15, -0.1) is 11.3 Å². The zero-order chi connectivity index (χ0) is 19.3. The van der Waals surface area contributed by atoms with Crippen molar-refractivity contribution >= 4 is 34.7 Å². The summed E-state index contributed by atoms with van der Waals surface area (Å²) >= 11 is 1.32. The van der Waals surface area contributed by atoms with E-state index in [9.17, 15) is 9.59 Å². The zero-order valence-electron chi connectivity index (χ0n) is 15.0. The van der Waals surface area contributed by atoms with E-state index in [1.165, 1.54) is 29.9 Å². The molecule has 1 fully saturated rings. The van der Waals surface area contributed by atoms with E-state index in [0.717, 1.165) is 18.9 Å². The molecule has 2 amide bonds. The van der Waals surface area contributed by atoms with Gasteiger partial charge in [-0.1, -0.05) is 6.07 Å². The quantitative estimate of drug-likeness (QED) is 0.729. The number of anilines is 2. The van der Waals surface area contributed by atoms with Crippen molar-refractivity contribution in [3.05, 3.63) is 65.0 Å². The number of carbonyl (C=O) groups is 2. The lowest BCUT2D eigenvalue weighted by molar-refractivity contribution is 0.0752. The number of hydrogen-bond donors (Lipinski definition) is 1. The molecule has 8 nitrogen and oxygen atoms in total. The van der Waals surface area contributed by atoms with Gasteiger partial charge in [-0.2, -0.15) is 0 Å². The molecule has 0 unspecified atom stereocenters. The van der Waals surface area contributed by atoms with Crippen LogP contribution in [0, 0.1) is 0 Å². The maximum Gasteiger partial charge on any atom is 0.275 e. The third-order valence-electron chi connectivity index (χ3n) is 4.44. The van der Waals surface area contributed by atoms with Crippen LogP contribution in [-0.2, 0) is 0 Å². The lowest BCUT2D eigenvalue weighted by atomic mass is 10.2. The van der Waals surface area contributed by atoms with E-state index >= 15 is 0 Å². The first-order valence-electron chi connectivity index (χ1n) is 8.82. The third-order valence-corrected chi connectivity index (χ3v) is 5.35. The molecule has 0 saturated carbocycles. The van der Waals surface area contributed by atoms with Crippen molar-refractivity contribution in [2.75, 3.05) is 36.4 Å². The average Bonchev–Trinajstić information content (AvgIpc) is 3.22. The van der Waals surface area contributed by atoms with E-state index in [1.54, 1.807) is 17.6 Å². The molecule has 1 saturated heterocycles. The summed E-state index contributed by atoms with van der Waals surface area (Å²) in [4.78, 5) is 42.0. The highest BCUT2D eigenvalue weighted by molar-refractivity contribution is 7.12. The van der Waals surface area contributed by atoms with Crippen LogP contribution in [0.2, 0.25) is 0 Å². The van der Waals surface area contributed by atoms with E-state index in [4.69, 9.17) is 0 Å². The Morgan fingerprint density at radius 2 is 1.86 bits per heavy atom. The molecule has 0 aliphatic carbocycles.